The zero-order valence-electron chi connectivity index (χ0n) is 13.0. The SMILES string of the molecule is Cc1ccc2c(c1)NCC(Cc1ccccc1C(C)C)O2. The van der Waals surface area contributed by atoms with Gasteiger partial charge in [-0.1, -0.05) is 44.2 Å². The van der Waals surface area contributed by atoms with Crippen LogP contribution in [0.15, 0.2) is 42.5 Å². The van der Waals surface area contributed by atoms with Gasteiger partial charge in [0, 0.05) is 6.42 Å². The van der Waals surface area contributed by atoms with Crippen LogP contribution in [0.1, 0.15) is 36.5 Å². The molecule has 1 aliphatic heterocycles. The number of fused-ring (bicyclic) bond motifs is 1. The number of anilines is 1. The smallest absolute Gasteiger partial charge is 0.142 e. The van der Waals surface area contributed by atoms with E-state index >= 15 is 0 Å². The van der Waals surface area contributed by atoms with Gasteiger partial charge in [0.25, 0.3) is 0 Å². The molecule has 0 fully saturated rings. The van der Waals surface area contributed by atoms with E-state index in [1.165, 1.54) is 16.7 Å². The molecule has 0 aliphatic carbocycles. The predicted molar refractivity (Wildman–Crippen MR) is 88.3 cm³/mol. The molecule has 2 aromatic rings. The van der Waals surface area contributed by atoms with Crippen molar-refractivity contribution in [1.82, 2.24) is 0 Å². The molecule has 0 saturated carbocycles. The number of ether oxygens (including phenoxy) is 1. The summed E-state index contributed by atoms with van der Waals surface area (Å²) in [6.07, 6.45) is 1.15. The van der Waals surface area contributed by atoms with Crippen molar-refractivity contribution in [3.63, 3.8) is 0 Å². The second-order valence-electron chi connectivity index (χ2n) is 6.18. The maximum Gasteiger partial charge on any atom is 0.142 e. The summed E-state index contributed by atoms with van der Waals surface area (Å²) < 4.78 is 6.16. The first-order valence-corrected chi connectivity index (χ1v) is 7.72. The molecule has 0 bridgehead atoms. The molecule has 1 aliphatic rings. The van der Waals surface area contributed by atoms with Crippen molar-refractivity contribution in [2.24, 2.45) is 0 Å². The highest BCUT2D eigenvalue weighted by Crippen LogP contribution is 2.31. The molecule has 1 N–H and O–H groups in total. The summed E-state index contributed by atoms with van der Waals surface area (Å²) in [5.74, 6) is 1.52. The van der Waals surface area contributed by atoms with Crippen LogP contribution in [0.3, 0.4) is 0 Å². The molecule has 1 atom stereocenters. The van der Waals surface area contributed by atoms with E-state index in [9.17, 15) is 0 Å². The van der Waals surface area contributed by atoms with E-state index < -0.39 is 0 Å². The van der Waals surface area contributed by atoms with E-state index in [0.717, 1.165) is 24.4 Å². The quantitative estimate of drug-likeness (QED) is 0.892. The van der Waals surface area contributed by atoms with Crippen LogP contribution in [0.4, 0.5) is 5.69 Å². The summed E-state index contributed by atoms with van der Waals surface area (Å²) >= 11 is 0. The molecule has 1 unspecified atom stereocenters. The van der Waals surface area contributed by atoms with Crippen LogP contribution in [0.2, 0.25) is 0 Å². The highest BCUT2D eigenvalue weighted by molar-refractivity contribution is 5.59. The van der Waals surface area contributed by atoms with Gasteiger partial charge in [-0.3, -0.25) is 0 Å². The van der Waals surface area contributed by atoms with E-state index in [1.54, 1.807) is 0 Å². The van der Waals surface area contributed by atoms with Crippen LogP contribution in [0.5, 0.6) is 5.75 Å². The lowest BCUT2D eigenvalue weighted by molar-refractivity contribution is 0.206. The van der Waals surface area contributed by atoms with Crippen molar-refractivity contribution >= 4 is 5.69 Å². The first-order chi connectivity index (χ1) is 10.1. The summed E-state index contributed by atoms with van der Waals surface area (Å²) in [6, 6.07) is 15.0. The zero-order valence-corrected chi connectivity index (χ0v) is 13.0. The minimum atomic E-state index is 0.195. The fourth-order valence-corrected chi connectivity index (χ4v) is 2.97. The van der Waals surface area contributed by atoms with Crippen molar-refractivity contribution in [2.45, 2.75) is 39.2 Å². The molecule has 2 heteroatoms. The Kier molecular flexibility index (Phi) is 3.87. The third-order valence-corrected chi connectivity index (χ3v) is 4.07. The number of rotatable bonds is 3. The van der Waals surface area contributed by atoms with Crippen LogP contribution < -0.4 is 10.1 Å². The molecule has 0 aromatic heterocycles. The Hall–Kier alpha value is -1.96. The molecule has 1 heterocycles. The van der Waals surface area contributed by atoms with Crippen LogP contribution in [0, 0.1) is 6.92 Å². The average Bonchev–Trinajstić information content (AvgIpc) is 2.48. The van der Waals surface area contributed by atoms with E-state index in [1.807, 2.05) is 0 Å². The second-order valence-corrected chi connectivity index (χ2v) is 6.18. The number of hydrogen-bond donors (Lipinski definition) is 1. The van der Waals surface area contributed by atoms with Crippen LogP contribution in [-0.2, 0) is 6.42 Å². The summed E-state index contributed by atoms with van der Waals surface area (Å²) in [6.45, 7) is 7.46. The molecule has 21 heavy (non-hydrogen) atoms. The van der Waals surface area contributed by atoms with Crippen molar-refractivity contribution in [2.75, 3.05) is 11.9 Å². The van der Waals surface area contributed by atoms with Gasteiger partial charge in [-0.2, -0.15) is 0 Å². The normalized spacial score (nSPS) is 17.0. The van der Waals surface area contributed by atoms with E-state index in [-0.39, 0.29) is 6.10 Å². The molecule has 2 aromatic carbocycles. The lowest BCUT2D eigenvalue weighted by Gasteiger charge is -2.28. The van der Waals surface area contributed by atoms with Crippen molar-refractivity contribution in [3.8, 4) is 5.75 Å². The van der Waals surface area contributed by atoms with E-state index in [4.69, 9.17) is 4.74 Å². The summed E-state index contributed by atoms with van der Waals surface area (Å²) in [5.41, 5.74) is 5.20. The van der Waals surface area contributed by atoms with Gasteiger partial charge in [0.2, 0.25) is 0 Å². The fourth-order valence-electron chi connectivity index (χ4n) is 2.97. The van der Waals surface area contributed by atoms with Crippen LogP contribution in [-0.4, -0.2) is 12.6 Å². The molecule has 3 rings (SSSR count). The Morgan fingerprint density at radius 2 is 2.00 bits per heavy atom. The lowest BCUT2D eigenvalue weighted by Crippen LogP contribution is -2.33. The van der Waals surface area contributed by atoms with Gasteiger partial charge in [-0.15, -0.1) is 0 Å². The second kappa shape index (κ2) is 5.80. The van der Waals surface area contributed by atoms with Gasteiger partial charge >= 0.3 is 0 Å². The topological polar surface area (TPSA) is 21.3 Å². The number of aryl methyl sites for hydroxylation is 1. The first-order valence-electron chi connectivity index (χ1n) is 7.72. The Labute approximate surface area is 127 Å². The van der Waals surface area contributed by atoms with Gasteiger partial charge in [-0.05, 0) is 41.7 Å². The van der Waals surface area contributed by atoms with Gasteiger partial charge in [0.05, 0.1) is 12.2 Å². The Bertz CT molecular complexity index is 633. The van der Waals surface area contributed by atoms with Crippen molar-refractivity contribution in [3.05, 3.63) is 59.2 Å². The van der Waals surface area contributed by atoms with Gasteiger partial charge < -0.3 is 10.1 Å². The van der Waals surface area contributed by atoms with E-state index in [0.29, 0.717) is 5.92 Å². The standard InChI is InChI=1S/C19H23NO/c1-13(2)17-7-5-4-6-15(17)11-16-12-20-18-10-14(3)8-9-19(18)21-16/h4-10,13,16,20H,11-12H2,1-3H3. The Morgan fingerprint density at radius 1 is 1.19 bits per heavy atom. The monoisotopic (exact) mass is 281 g/mol. The maximum absolute atomic E-state index is 6.16. The number of benzene rings is 2. The number of hydrogen-bond acceptors (Lipinski definition) is 2. The molecule has 0 radical (unpaired) electrons. The zero-order chi connectivity index (χ0) is 14.8. The van der Waals surface area contributed by atoms with Gasteiger partial charge in [-0.25, -0.2) is 0 Å². The highest BCUT2D eigenvalue weighted by atomic mass is 16.5. The largest absolute Gasteiger partial charge is 0.486 e. The molecule has 110 valence electrons. The minimum Gasteiger partial charge on any atom is -0.486 e. The first kappa shape index (κ1) is 14.0. The molecule has 2 nitrogen and oxygen atoms in total. The Balaban J connectivity index is 1.77. The van der Waals surface area contributed by atoms with Gasteiger partial charge in [0.15, 0.2) is 0 Å². The van der Waals surface area contributed by atoms with Crippen molar-refractivity contribution < 1.29 is 4.74 Å². The summed E-state index contributed by atoms with van der Waals surface area (Å²) in [4.78, 5) is 0. The third-order valence-electron chi connectivity index (χ3n) is 4.07. The Morgan fingerprint density at radius 3 is 2.81 bits per heavy atom. The molecule has 0 spiro atoms. The number of nitrogens with one attached hydrogen (secondary N) is 1. The molecule has 0 saturated heterocycles. The molecular weight excluding hydrogens is 258 g/mol. The lowest BCUT2D eigenvalue weighted by atomic mass is 9.93. The third kappa shape index (κ3) is 3.05. The molecule has 0 amide bonds. The predicted octanol–water partition coefficient (Wildman–Crippen LogP) is 4.53. The average molecular weight is 281 g/mol. The summed E-state index contributed by atoms with van der Waals surface area (Å²) in [5, 5.41) is 3.50. The summed E-state index contributed by atoms with van der Waals surface area (Å²) in [7, 11) is 0. The minimum absolute atomic E-state index is 0.195. The molecular formula is C19H23NO. The van der Waals surface area contributed by atoms with E-state index in [2.05, 4.69) is 68.6 Å². The van der Waals surface area contributed by atoms with Gasteiger partial charge in [0.1, 0.15) is 11.9 Å². The van der Waals surface area contributed by atoms with Crippen LogP contribution in [0.25, 0.3) is 0 Å². The van der Waals surface area contributed by atoms with Crippen LogP contribution >= 0.6 is 0 Å². The van der Waals surface area contributed by atoms with Crippen molar-refractivity contribution in [1.29, 1.82) is 0 Å². The highest BCUT2D eigenvalue weighted by Gasteiger charge is 2.20. The fraction of sp³-hybridized carbons (Fsp3) is 0.368. The maximum atomic E-state index is 6.16.